The van der Waals surface area contributed by atoms with Gasteiger partial charge < -0.3 is 5.32 Å². The van der Waals surface area contributed by atoms with Gasteiger partial charge in [-0.15, -0.1) is 0 Å². The molecule has 27 heavy (non-hydrogen) atoms. The number of carbonyl (C=O) groups is 3. The number of amides is 3. The summed E-state index contributed by atoms with van der Waals surface area (Å²) in [6.45, 7) is 1.99. The van der Waals surface area contributed by atoms with Crippen LogP contribution in [0.25, 0.3) is 0 Å². The molecule has 1 N–H and O–H groups in total. The van der Waals surface area contributed by atoms with E-state index in [2.05, 4.69) is 10.3 Å². The van der Waals surface area contributed by atoms with E-state index in [4.69, 9.17) is 0 Å². The van der Waals surface area contributed by atoms with Crippen LogP contribution in [0.4, 0.5) is 11.5 Å². The Kier molecular flexibility index (Phi) is 4.48. The van der Waals surface area contributed by atoms with Gasteiger partial charge >= 0.3 is 0 Å². The highest BCUT2D eigenvalue weighted by Gasteiger charge is 2.56. The molecule has 1 saturated heterocycles. The van der Waals surface area contributed by atoms with E-state index >= 15 is 0 Å². The minimum atomic E-state index is -0.620. The molecular formula is C21H21N3O3. The molecule has 4 rings (SSSR count). The Labute approximate surface area is 157 Å². The number of pyridine rings is 1. The predicted octanol–water partition coefficient (Wildman–Crippen LogP) is 2.87. The minimum absolute atomic E-state index is 0.0686. The molecular weight excluding hydrogens is 342 g/mol. The van der Waals surface area contributed by atoms with Gasteiger partial charge in [0.1, 0.15) is 5.82 Å². The average Bonchev–Trinajstić information content (AvgIpc) is 2.95. The lowest BCUT2D eigenvalue weighted by molar-refractivity contribution is -0.133. The first kappa shape index (κ1) is 17.4. The number of hydrogen-bond acceptors (Lipinski definition) is 4. The molecule has 2 heterocycles. The summed E-state index contributed by atoms with van der Waals surface area (Å²) in [6, 6.07) is 14.2. The number of para-hydroxylation sites is 1. The molecule has 138 valence electrons. The van der Waals surface area contributed by atoms with Crippen LogP contribution in [0.3, 0.4) is 0 Å². The zero-order valence-corrected chi connectivity index (χ0v) is 15.0. The van der Waals surface area contributed by atoms with E-state index in [9.17, 15) is 14.4 Å². The van der Waals surface area contributed by atoms with Gasteiger partial charge in [-0.2, -0.15) is 0 Å². The largest absolute Gasteiger partial charge is 0.310 e. The number of anilines is 2. The van der Waals surface area contributed by atoms with Crippen LogP contribution in [0.1, 0.15) is 19.8 Å². The first-order valence-corrected chi connectivity index (χ1v) is 9.22. The van der Waals surface area contributed by atoms with Crippen molar-refractivity contribution in [1.82, 2.24) is 4.98 Å². The Morgan fingerprint density at radius 3 is 2.41 bits per heavy atom. The van der Waals surface area contributed by atoms with Crippen molar-refractivity contribution in [2.45, 2.75) is 19.8 Å². The molecule has 6 heteroatoms. The van der Waals surface area contributed by atoms with Crippen LogP contribution in [0.2, 0.25) is 0 Å². The van der Waals surface area contributed by atoms with Gasteiger partial charge in [0.2, 0.25) is 17.7 Å². The van der Waals surface area contributed by atoms with Crippen LogP contribution in [0.15, 0.2) is 54.7 Å². The second-order valence-electron chi connectivity index (χ2n) is 7.26. The third-order valence-corrected chi connectivity index (χ3v) is 5.64. The van der Waals surface area contributed by atoms with Gasteiger partial charge in [-0.25, -0.2) is 4.98 Å². The molecule has 3 amide bonds. The molecule has 1 saturated carbocycles. The molecule has 4 atom stereocenters. The Balaban J connectivity index is 1.63. The summed E-state index contributed by atoms with van der Waals surface area (Å²) in [6.07, 6.45) is 2.93. The van der Waals surface area contributed by atoms with Crippen LogP contribution < -0.4 is 10.2 Å². The minimum Gasteiger partial charge on any atom is -0.310 e. The summed E-state index contributed by atoms with van der Waals surface area (Å²) < 4.78 is 0. The van der Waals surface area contributed by atoms with Gasteiger partial charge in [0.25, 0.3) is 0 Å². The standard InChI is InChI=1S/C21H21N3O3/c1-13-10-11-15(19(25)23-16-9-5-6-12-22-16)18-17(13)20(26)24(21(18)27)14-7-3-2-4-8-14/h2-9,12-13,15,17-18H,10-11H2,1H3,(H,22,23,25). The number of nitrogens with zero attached hydrogens (tertiary/aromatic N) is 2. The van der Waals surface area contributed by atoms with Gasteiger partial charge in [-0.05, 0) is 43.0 Å². The third kappa shape index (κ3) is 3.01. The Hall–Kier alpha value is -3.02. The fraction of sp³-hybridized carbons (Fsp3) is 0.333. The first-order chi connectivity index (χ1) is 13.1. The van der Waals surface area contributed by atoms with Crippen LogP contribution in [0.5, 0.6) is 0 Å². The molecule has 4 unspecified atom stereocenters. The van der Waals surface area contributed by atoms with Gasteiger partial charge in [0.15, 0.2) is 0 Å². The number of rotatable bonds is 3. The molecule has 6 nitrogen and oxygen atoms in total. The number of carbonyl (C=O) groups excluding carboxylic acids is 3. The van der Waals surface area contributed by atoms with Crippen LogP contribution in [-0.4, -0.2) is 22.7 Å². The zero-order chi connectivity index (χ0) is 19.0. The van der Waals surface area contributed by atoms with Crippen molar-refractivity contribution < 1.29 is 14.4 Å². The molecule has 2 aliphatic rings. The Morgan fingerprint density at radius 2 is 1.70 bits per heavy atom. The summed E-state index contributed by atoms with van der Waals surface area (Å²) in [5.41, 5.74) is 0.568. The summed E-state index contributed by atoms with van der Waals surface area (Å²) in [5, 5.41) is 2.80. The van der Waals surface area contributed by atoms with E-state index in [-0.39, 0.29) is 23.6 Å². The second-order valence-corrected chi connectivity index (χ2v) is 7.26. The zero-order valence-electron chi connectivity index (χ0n) is 15.0. The van der Waals surface area contributed by atoms with Crippen LogP contribution >= 0.6 is 0 Å². The maximum Gasteiger partial charge on any atom is 0.238 e. The summed E-state index contributed by atoms with van der Waals surface area (Å²) in [7, 11) is 0. The lowest BCUT2D eigenvalue weighted by Crippen LogP contribution is -2.41. The van der Waals surface area contributed by atoms with E-state index in [1.807, 2.05) is 13.0 Å². The fourth-order valence-electron chi connectivity index (χ4n) is 4.32. The van der Waals surface area contributed by atoms with E-state index < -0.39 is 17.8 Å². The lowest BCUT2D eigenvalue weighted by atomic mass is 9.68. The smallest absolute Gasteiger partial charge is 0.238 e. The van der Waals surface area contributed by atoms with E-state index in [0.717, 1.165) is 6.42 Å². The third-order valence-electron chi connectivity index (χ3n) is 5.64. The topological polar surface area (TPSA) is 79.4 Å². The van der Waals surface area contributed by atoms with Crippen LogP contribution in [0, 0.1) is 23.7 Å². The highest BCUT2D eigenvalue weighted by molar-refractivity contribution is 6.23. The first-order valence-electron chi connectivity index (χ1n) is 9.22. The van der Waals surface area contributed by atoms with Crippen molar-refractivity contribution in [3.63, 3.8) is 0 Å². The maximum absolute atomic E-state index is 13.2. The molecule has 1 aliphatic heterocycles. The molecule has 2 aromatic rings. The lowest BCUT2D eigenvalue weighted by Gasteiger charge is -2.33. The van der Waals surface area contributed by atoms with Crippen LogP contribution in [-0.2, 0) is 14.4 Å². The van der Waals surface area contributed by atoms with Crippen molar-refractivity contribution in [2.75, 3.05) is 10.2 Å². The van der Waals surface area contributed by atoms with Crippen molar-refractivity contribution >= 4 is 29.2 Å². The number of imide groups is 1. The summed E-state index contributed by atoms with van der Waals surface area (Å²) in [5.74, 6) is -1.79. The molecule has 0 spiro atoms. The number of benzene rings is 1. The molecule has 0 bridgehead atoms. The molecule has 1 aromatic heterocycles. The number of fused-ring (bicyclic) bond motifs is 1. The number of aromatic nitrogens is 1. The summed E-state index contributed by atoms with van der Waals surface area (Å²) >= 11 is 0. The number of nitrogens with one attached hydrogen (secondary N) is 1. The molecule has 0 radical (unpaired) electrons. The molecule has 1 aromatic carbocycles. The molecule has 1 aliphatic carbocycles. The average molecular weight is 363 g/mol. The highest BCUT2D eigenvalue weighted by atomic mass is 16.2. The van der Waals surface area contributed by atoms with Gasteiger partial charge in [0.05, 0.1) is 23.4 Å². The van der Waals surface area contributed by atoms with Gasteiger partial charge in [-0.3, -0.25) is 19.3 Å². The van der Waals surface area contributed by atoms with Crippen molar-refractivity contribution in [3.8, 4) is 0 Å². The normalized spacial score (nSPS) is 27.4. The Morgan fingerprint density at radius 1 is 1.00 bits per heavy atom. The van der Waals surface area contributed by atoms with Gasteiger partial charge in [-0.1, -0.05) is 31.2 Å². The SMILES string of the molecule is CC1CCC(C(=O)Nc2ccccn2)C2C(=O)N(c3ccccc3)C(=O)C12. The summed E-state index contributed by atoms with van der Waals surface area (Å²) in [4.78, 5) is 44.5. The van der Waals surface area contributed by atoms with E-state index in [1.165, 1.54) is 4.90 Å². The highest BCUT2D eigenvalue weighted by Crippen LogP contribution is 2.46. The quantitative estimate of drug-likeness (QED) is 0.851. The molecule has 2 fully saturated rings. The van der Waals surface area contributed by atoms with Crippen molar-refractivity contribution in [3.05, 3.63) is 54.7 Å². The second kappa shape index (κ2) is 6.95. The Bertz CT molecular complexity index is 869. The van der Waals surface area contributed by atoms with E-state index in [0.29, 0.717) is 17.9 Å². The monoisotopic (exact) mass is 363 g/mol. The van der Waals surface area contributed by atoms with Crippen molar-refractivity contribution in [2.24, 2.45) is 23.7 Å². The predicted molar refractivity (Wildman–Crippen MR) is 101 cm³/mol. The van der Waals surface area contributed by atoms with Gasteiger partial charge in [0, 0.05) is 6.20 Å². The van der Waals surface area contributed by atoms with Crippen molar-refractivity contribution in [1.29, 1.82) is 0 Å². The maximum atomic E-state index is 13.2. The number of hydrogen-bond donors (Lipinski definition) is 1. The fourth-order valence-corrected chi connectivity index (χ4v) is 4.32. The van der Waals surface area contributed by atoms with E-state index in [1.54, 1.807) is 48.7 Å².